The van der Waals surface area contributed by atoms with Gasteiger partial charge in [-0.05, 0) is 72.7 Å². The molecule has 0 spiro atoms. The highest BCUT2D eigenvalue weighted by atomic mass is 19.1. The van der Waals surface area contributed by atoms with Crippen molar-refractivity contribution in [2.24, 2.45) is 5.73 Å². The topological polar surface area (TPSA) is 116 Å². The number of hydrogen-bond acceptors (Lipinski definition) is 7. The first-order chi connectivity index (χ1) is 19.4. The lowest BCUT2D eigenvalue weighted by atomic mass is 9.91. The van der Waals surface area contributed by atoms with Crippen molar-refractivity contribution in [1.82, 2.24) is 19.0 Å². The molecule has 4 aromatic rings. The van der Waals surface area contributed by atoms with Crippen molar-refractivity contribution in [2.75, 3.05) is 26.3 Å². The lowest BCUT2D eigenvalue weighted by molar-refractivity contribution is 0.0342. The number of morpholine rings is 1. The van der Waals surface area contributed by atoms with Gasteiger partial charge in [0.2, 0.25) is 0 Å². The van der Waals surface area contributed by atoms with Gasteiger partial charge in [0, 0.05) is 31.7 Å². The highest BCUT2D eigenvalue weighted by Gasteiger charge is 2.26. The van der Waals surface area contributed by atoms with Gasteiger partial charge in [-0.15, -0.1) is 0 Å². The second-order valence-corrected chi connectivity index (χ2v) is 10.7. The Kier molecular flexibility index (Phi) is 7.22. The molecule has 0 radical (unpaired) electrons. The Balaban J connectivity index is 1.49. The average molecular weight is 546 g/mol. The van der Waals surface area contributed by atoms with E-state index in [1.165, 1.54) is 9.13 Å². The highest BCUT2D eigenvalue weighted by Crippen LogP contribution is 2.31. The highest BCUT2D eigenvalue weighted by molar-refractivity contribution is 5.77. The Morgan fingerprint density at radius 2 is 1.80 bits per heavy atom. The van der Waals surface area contributed by atoms with Crippen LogP contribution in [0.15, 0.2) is 64.3 Å². The zero-order valence-corrected chi connectivity index (χ0v) is 22.1. The minimum atomic E-state index is -0.641. The second kappa shape index (κ2) is 11.0. The molecule has 0 atom stereocenters. The van der Waals surface area contributed by atoms with E-state index in [1.54, 1.807) is 18.2 Å². The van der Waals surface area contributed by atoms with E-state index in [-0.39, 0.29) is 28.9 Å². The van der Waals surface area contributed by atoms with E-state index in [2.05, 4.69) is 9.88 Å². The predicted octanol–water partition coefficient (Wildman–Crippen LogP) is 3.33. The number of pyridine rings is 1. The quantitative estimate of drug-likeness (QED) is 0.395. The monoisotopic (exact) mass is 545 g/mol. The van der Waals surface area contributed by atoms with Crippen molar-refractivity contribution in [3.63, 3.8) is 0 Å². The van der Waals surface area contributed by atoms with Crippen LogP contribution in [0.4, 0.5) is 4.39 Å². The van der Waals surface area contributed by atoms with Crippen LogP contribution in [0.2, 0.25) is 0 Å². The van der Waals surface area contributed by atoms with Crippen LogP contribution in [-0.4, -0.2) is 56.5 Å². The van der Waals surface area contributed by atoms with E-state index in [0.717, 1.165) is 42.0 Å². The van der Waals surface area contributed by atoms with Crippen LogP contribution in [0, 0.1) is 5.82 Å². The number of nitrogens with two attached hydrogens (primary N) is 1. The van der Waals surface area contributed by atoms with Crippen LogP contribution < -0.4 is 17.0 Å². The van der Waals surface area contributed by atoms with Crippen molar-refractivity contribution in [3.8, 4) is 22.6 Å². The maximum absolute atomic E-state index is 14.3. The molecule has 2 aliphatic rings. The molecular weight excluding hydrogens is 513 g/mol. The van der Waals surface area contributed by atoms with E-state index in [4.69, 9.17) is 10.5 Å². The van der Waals surface area contributed by atoms with E-state index in [9.17, 15) is 19.1 Å². The summed E-state index contributed by atoms with van der Waals surface area (Å²) in [4.78, 5) is 34.0. The number of nitrogens with zero attached hydrogens (tertiary/aromatic N) is 4. The van der Waals surface area contributed by atoms with Gasteiger partial charge in [0.05, 0.1) is 30.5 Å². The minimum Gasteiger partial charge on any atom is -0.508 e. The van der Waals surface area contributed by atoms with Gasteiger partial charge in [-0.1, -0.05) is 18.2 Å². The molecule has 208 valence electrons. The van der Waals surface area contributed by atoms with Gasteiger partial charge in [0.15, 0.2) is 5.65 Å². The Morgan fingerprint density at radius 3 is 2.58 bits per heavy atom. The predicted molar refractivity (Wildman–Crippen MR) is 150 cm³/mol. The lowest BCUT2D eigenvalue weighted by Gasteiger charge is -2.28. The molecule has 40 heavy (non-hydrogen) atoms. The molecule has 3 heterocycles. The van der Waals surface area contributed by atoms with E-state index in [1.807, 2.05) is 24.3 Å². The molecule has 1 saturated carbocycles. The standard InChI is InChI=1S/C30H32FN5O4/c31-21-16-27-28(33-17-21)35(30(39)36(29(27)38)23-6-4-22(32)5-7-23)24-3-1-2-19(14-24)26-9-8-25(37)15-20(26)18-34-10-12-40-13-11-34/h1-3,8-9,14-17,22-23,37H,4-7,10-13,18,32H2/t22-,23+. The van der Waals surface area contributed by atoms with Gasteiger partial charge in [-0.25, -0.2) is 18.7 Å². The SMILES string of the molecule is N[C@H]1CC[C@@H](n2c(=O)c3cc(F)cnc3n(-c3cccc(-c4ccc(O)cc4CN4CCOCC4)c3)c2=O)CC1. The number of phenols is 1. The second-order valence-electron chi connectivity index (χ2n) is 10.7. The van der Waals surface area contributed by atoms with E-state index in [0.29, 0.717) is 51.1 Å². The molecule has 0 amide bonds. The van der Waals surface area contributed by atoms with E-state index >= 15 is 0 Å². The number of aromatic hydroxyl groups is 1. The summed E-state index contributed by atoms with van der Waals surface area (Å²) in [5, 5.41) is 10.3. The van der Waals surface area contributed by atoms with Crippen molar-refractivity contribution < 1.29 is 14.2 Å². The molecular formula is C30H32FN5O4. The van der Waals surface area contributed by atoms with Crippen LogP contribution in [0.1, 0.15) is 37.3 Å². The number of phenolic OH excluding ortho intramolecular Hbond substituents is 1. The van der Waals surface area contributed by atoms with Crippen LogP contribution in [0.5, 0.6) is 5.75 Å². The van der Waals surface area contributed by atoms with Gasteiger partial charge < -0.3 is 15.6 Å². The smallest absolute Gasteiger partial charge is 0.337 e. The zero-order chi connectivity index (χ0) is 27.8. The lowest BCUT2D eigenvalue weighted by Crippen LogP contribution is -2.44. The Morgan fingerprint density at radius 1 is 1.02 bits per heavy atom. The maximum Gasteiger partial charge on any atom is 0.337 e. The normalized spacial score (nSPS) is 20.1. The number of ether oxygens (including phenoxy) is 1. The molecule has 2 aromatic heterocycles. The summed E-state index contributed by atoms with van der Waals surface area (Å²) in [5.41, 5.74) is 8.35. The first-order valence-corrected chi connectivity index (χ1v) is 13.7. The largest absolute Gasteiger partial charge is 0.508 e. The van der Waals surface area contributed by atoms with Gasteiger partial charge in [-0.3, -0.25) is 14.3 Å². The van der Waals surface area contributed by atoms with Crippen molar-refractivity contribution in [3.05, 3.63) is 86.9 Å². The molecule has 9 nitrogen and oxygen atoms in total. The molecule has 6 rings (SSSR count). The summed E-state index contributed by atoms with van der Waals surface area (Å²) in [7, 11) is 0. The summed E-state index contributed by atoms with van der Waals surface area (Å²) in [6.45, 7) is 3.56. The molecule has 3 N–H and O–H groups in total. The number of fused-ring (bicyclic) bond motifs is 1. The summed E-state index contributed by atoms with van der Waals surface area (Å²) in [6.07, 6.45) is 3.63. The third kappa shape index (κ3) is 5.05. The van der Waals surface area contributed by atoms with Crippen LogP contribution in [0.3, 0.4) is 0 Å². The molecule has 0 bridgehead atoms. The zero-order valence-electron chi connectivity index (χ0n) is 22.1. The number of rotatable bonds is 5. The third-order valence-corrected chi connectivity index (χ3v) is 8.00. The minimum absolute atomic E-state index is 0.0439. The van der Waals surface area contributed by atoms with Gasteiger partial charge in [0.1, 0.15) is 11.6 Å². The molecule has 0 unspecified atom stereocenters. The third-order valence-electron chi connectivity index (χ3n) is 8.00. The van der Waals surface area contributed by atoms with Crippen LogP contribution in [0.25, 0.3) is 27.8 Å². The average Bonchev–Trinajstić information content (AvgIpc) is 2.95. The van der Waals surface area contributed by atoms with Gasteiger partial charge in [-0.2, -0.15) is 0 Å². The summed E-state index contributed by atoms with van der Waals surface area (Å²) < 4.78 is 22.4. The molecule has 2 aromatic carbocycles. The summed E-state index contributed by atoms with van der Waals surface area (Å²) >= 11 is 0. The molecule has 1 aliphatic heterocycles. The van der Waals surface area contributed by atoms with Gasteiger partial charge >= 0.3 is 5.69 Å². The number of halogens is 1. The van der Waals surface area contributed by atoms with Crippen molar-refractivity contribution >= 4 is 11.0 Å². The van der Waals surface area contributed by atoms with Gasteiger partial charge in [0.25, 0.3) is 5.56 Å². The fourth-order valence-electron chi connectivity index (χ4n) is 5.90. The molecule has 1 saturated heterocycles. The molecule has 10 heteroatoms. The fraction of sp³-hybridized carbons (Fsp3) is 0.367. The summed E-state index contributed by atoms with van der Waals surface area (Å²) in [5.74, 6) is -0.464. The molecule has 2 fully saturated rings. The molecule has 1 aliphatic carbocycles. The van der Waals surface area contributed by atoms with Crippen molar-refractivity contribution in [2.45, 2.75) is 44.3 Å². The fourth-order valence-corrected chi connectivity index (χ4v) is 5.90. The number of aromatic nitrogens is 3. The van der Waals surface area contributed by atoms with Crippen LogP contribution >= 0.6 is 0 Å². The summed E-state index contributed by atoms with van der Waals surface area (Å²) in [6, 6.07) is 13.6. The Bertz CT molecular complexity index is 1670. The first kappa shape index (κ1) is 26.4. The van der Waals surface area contributed by atoms with E-state index < -0.39 is 17.1 Å². The number of benzene rings is 2. The Labute approximate surface area is 230 Å². The first-order valence-electron chi connectivity index (χ1n) is 13.7. The van der Waals surface area contributed by atoms with Crippen LogP contribution in [-0.2, 0) is 11.3 Å². The number of hydrogen-bond donors (Lipinski definition) is 2. The Hall–Kier alpha value is -3.86. The maximum atomic E-state index is 14.3. The van der Waals surface area contributed by atoms with Crippen molar-refractivity contribution in [1.29, 1.82) is 0 Å².